The van der Waals surface area contributed by atoms with Crippen molar-refractivity contribution in [1.29, 1.82) is 0 Å². The molecule has 44 heavy (non-hydrogen) atoms. The second-order valence-corrected chi connectivity index (χ2v) is 13.9. The summed E-state index contributed by atoms with van der Waals surface area (Å²) in [5.74, 6) is -1.38. The predicted octanol–water partition coefficient (Wildman–Crippen LogP) is 9.53. The zero-order valence-electron chi connectivity index (χ0n) is 29.3. The van der Waals surface area contributed by atoms with Crippen molar-refractivity contribution in [2.24, 2.45) is 0 Å². The van der Waals surface area contributed by atoms with Crippen LogP contribution >= 0.6 is 0 Å². The van der Waals surface area contributed by atoms with Crippen LogP contribution in [0.2, 0.25) is 0 Å². The molecule has 0 saturated carbocycles. The van der Waals surface area contributed by atoms with Gasteiger partial charge >= 0.3 is 0 Å². The van der Waals surface area contributed by atoms with Gasteiger partial charge < -0.3 is 29.9 Å². The molecule has 0 bridgehead atoms. The average molecular weight is 629 g/mol. The first kappa shape index (κ1) is 41.8. The zero-order chi connectivity index (χ0) is 32.1. The second kappa shape index (κ2) is 28.9. The van der Waals surface area contributed by atoms with E-state index in [4.69, 9.17) is 9.47 Å². The third-order valence-electron chi connectivity index (χ3n) is 9.76. The number of rotatable bonds is 32. The van der Waals surface area contributed by atoms with Crippen LogP contribution in [0.4, 0.5) is 0 Å². The highest BCUT2D eigenvalue weighted by Gasteiger charge is 2.53. The van der Waals surface area contributed by atoms with Crippen LogP contribution in [0, 0.1) is 0 Å². The highest BCUT2D eigenvalue weighted by Crippen LogP contribution is 2.36. The Morgan fingerprint density at radius 2 is 0.818 bits per heavy atom. The highest BCUT2D eigenvalue weighted by atomic mass is 16.7. The van der Waals surface area contributed by atoms with E-state index in [1.165, 1.54) is 148 Å². The van der Waals surface area contributed by atoms with Gasteiger partial charge in [0.05, 0.1) is 13.2 Å². The van der Waals surface area contributed by atoms with Crippen molar-refractivity contribution in [3.8, 4) is 0 Å². The highest BCUT2D eigenvalue weighted by molar-refractivity contribution is 4.97. The van der Waals surface area contributed by atoms with Crippen LogP contribution < -0.4 is 0 Å². The molecule has 1 saturated heterocycles. The summed E-state index contributed by atoms with van der Waals surface area (Å²) in [7, 11) is 0. The Labute approximate surface area is 273 Å². The maximum absolute atomic E-state index is 10.9. The van der Waals surface area contributed by atoms with E-state index in [-0.39, 0.29) is 0 Å². The fourth-order valence-electron chi connectivity index (χ4n) is 6.71. The molecule has 0 radical (unpaired) electrons. The molecule has 0 aromatic rings. The molecule has 0 spiro atoms. The van der Waals surface area contributed by atoms with Crippen LogP contribution in [0.1, 0.15) is 200 Å². The van der Waals surface area contributed by atoms with Gasteiger partial charge in [-0.25, -0.2) is 0 Å². The minimum atomic E-state index is -1.40. The van der Waals surface area contributed by atoms with E-state index < -0.39 is 36.8 Å². The lowest BCUT2D eigenvalue weighted by Crippen LogP contribution is -2.66. The van der Waals surface area contributed by atoms with Crippen molar-refractivity contribution < 1.29 is 29.9 Å². The molecule has 1 rings (SSSR count). The van der Waals surface area contributed by atoms with E-state index >= 15 is 0 Å². The minimum absolute atomic E-state index is 0.423. The molecule has 4 N–H and O–H groups in total. The Hall–Kier alpha value is -0.240. The van der Waals surface area contributed by atoms with Crippen LogP contribution in [-0.2, 0) is 9.47 Å². The molecule has 5 atom stereocenters. The van der Waals surface area contributed by atoms with Crippen molar-refractivity contribution >= 4 is 0 Å². The molecular weight excluding hydrogens is 552 g/mol. The summed E-state index contributed by atoms with van der Waals surface area (Å²) in [6, 6.07) is 0. The van der Waals surface area contributed by atoms with E-state index in [0.717, 1.165) is 32.1 Å². The lowest BCUT2D eigenvalue weighted by Gasteiger charge is -2.48. The molecule has 0 aromatic heterocycles. The van der Waals surface area contributed by atoms with Gasteiger partial charge in [-0.3, -0.25) is 0 Å². The molecule has 1 unspecified atom stereocenters. The first-order valence-electron chi connectivity index (χ1n) is 19.5. The fraction of sp³-hybridized carbons (Fsp3) is 1.00. The zero-order valence-corrected chi connectivity index (χ0v) is 29.3. The molecule has 0 aliphatic carbocycles. The molecule has 1 heterocycles. The van der Waals surface area contributed by atoms with Gasteiger partial charge in [0.2, 0.25) is 0 Å². The Balaban J connectivity index is 2.23. The van der Waals surface area contributed by atoms with Gasteiger partial charge in [-0.05, 0) is 12.8 Å². The van der Waals surface area contributed by atoms with Crippen LogP contribution in [0.25, 0.3) is 0 Å². The molecule has 0 amide bonds. The summed E-state index contributed by atoms with van der Waals surface area (Å²) in [6.45, 7) is 4.55. The first-order valence-corrected chi connectivity index (χ1v) is 19.5. The Morgan fingerprint density at radius 1 is 0.477 bits per heavy atom. The number of aliphatic hydroxyl groups is 4. The van der Waals surface area contributed by atoms with E-state index in [1.807, 2.05) is 0 Å². The van der Waals surface area contributed by atoms with Gasteiger partial charge in [-0.1, -0.05) is 181 Å². The van der Waals surface area contributed by atoms with E-state index in [2.05, 4.69) is 13.8 Å². The summed E-state index contributed by atoms with van der Waals surface area (Å²) in [6.07, 6.45) is 31.1. The molecule has 1 fully saturated rings. The van der Waals surface area contributed by atoms with Gasteiger partial charge in [0.1, 0.15) is 24.4 Å². The van der Waals surface area contributed by atoms with Crippen LogP contribution in [0.15, 0.2) is 0 Å². The summed E-state index contributed by atoms with van der Waals surface area (Å²) in [5, 5.41) is 41.6. The third-order valence-corrected chi connectivity index (χ3v) is 9.76. The maximum Gasteiger partial charge on any atom is 0.197 e. The van der Waals surface area contributed by atoms with E-state index in [1.54, 1.807) is 0 Å². The number of aliphatic hydroxyl groups excluding tert-OH is 4. The van der Waals surface area contributed by atoms with E-state index in [9.17, 15) is 20.4 Å². The van der Waals surface area contributed by atoms with E-state index in [0.29, 0.717) is 13.0 Å². The van der Waals surface area contributed by atoms with Crippen molar-refractivity contribution in [3.63, 3.8) is 0 Å². The minimum Gasteiger partial charge on any atom is -0.394 e. The van der Waals surface area contributed by atoms with Gasteiger partial charge in [-0.2, -0.15) is 0 Å². The maximum atomic E-state index is 10.9. The molecule has 1 aliphatic rings. The lowest BCUT2D eigenvalue weighted by molar-refractivity contribution is -0.366. The van der Waals surface area contributed by atoms with Gasteiger partial charge in [0.15, 0.2) is 5.79 Å². The summed E-state index contributed by atoms with van der Waals surface area (Å²) in [5.41, 5.74) is 0. The smallest absolute Gasteiger partial charge is 0.197 e. The van der Waals surface area contributed by atoms with Crippen LogP contribution in [0.5, 0.6) is 0 Å². The van der Waals surface area contributed by atoms with Crippen LogP contribution in [0.3, 0.4) is 0 Å². The Bertz CT molecular complexity index is 602. The SMILES string of the molecule is CCCCCCCCCCCCCCCCOC1(CCCCCCCCCCCCCCCC)O[C@H](CO)[C@H](O)[C@H](O)[C@H]1O. The third kappa shape index (κ3) is 19.4. The quantitative estimate of drug-likeness (QED) is 0.0554. The predicted molar refractivity (Wildman–Crippen MR) is 184 cm³/mol. The molecule has 264 valence electrons. The molecule has 0 aromatic carbocycles. The Kier molecular flexibility index (Phi) is 27.5. The van der Waals surface area contributed by atoms with Gasteiger partial charge in [0, 0.05) is 6.42 Å². The van der Waals surface area contributed by atoms with Crippen molar-refractivity contribution in [2.75, 3.05) is 13.2 Å². The monoisotopic (exact) mass is 629 g/mol. The van der Waals surface area contributed by atoms with Gasteiger partial charge in [-0.15, -0.1) is 0 Å². The summed E-state index contributed by atoms with van der Waals surface area (Å²) in [4.78, 5) is 0. The number of hydrogen-bond acceptors (Lipinski definition) is 6. The second-order valence-electron chi connectivity index (χ2n) is 13.9. The number of hydrogen-bond donors (Lipinski definition) is 4. The molecule has 1 aliphatic heterocycles. The van der Waals surface area contributed by atoms with Crippen molar-refractivity contribution in [2.45, 2.75) is 230 Å². The average Bonchev–Trinajstić information content (AvgIpc) is 3.03. The Morgan fingerprint density at radius 3 is 1.18 bits per heavy atom. The topological polar surface area (TPSA) is 99.4 Å². The number of ether oxygens (including phenoxy) is 2. The lowest BCUT2D eigenvalue weighted by atomic mass is 9.89. The first-order chi connectivity index (χ1) is 21.5. The standard InChI is InChI=1S/C38H76O6/c1-3-5-7-9-11-13-15-17-19-21-23-25-27-29-31-38(37(42)36(41)35(40)34(33-39)44-38)43-32-30-28-26-24-22-20-18-16-14-12-10-8-6-4-2/h34-37,39-42H,3-33H2,1-2H3/t34-,35+,36+,37-,38?/m1/s1. The summed E-state index contributed by atoms with van der Waals surface area (Å²) < 4.78 is 12.2. The van der Waals surface area contributed by atoms with Crippen molar-refractivity contribution in [1.82, 2.24) is 0 Å². The molecule has 6 nitrogen and oxygen atoms in total. The molecule has 6 heteroatoms. The van der Waals surface area contributed by atoms with Crippen LogP contribution in [-0.4, -0.2) is 63.8 Å². The fourth-order valence-corrected chi connectivity index (χ4v) is 6.71. The van der Waals surface area contributed by atoms with Gasteiger partial charge in [0.25, 0.3) is 0 Å². The largest absolute Gasteiger partial charge is 0.394 e. The summed E-state index contributed by atoms with van der Waals surface area (Å²) >= 11 is 0. The van der Waals surface area contributed by atoms with Crippen molar-refractivity contribution in [3.05, 3.63) is 0 Å². The number of unbranched alkanes of at least 4 members (excludes halogenated alkanes) is 26. The molecular formula is C38H76O6. The normalized spacial score (nSPS) is 23.9.